The summed E-state index contributed by atoms with van der Waals surface area (Å²) in [4.78, 5) is 23.2. The second-order valence-corrected chi connectivity index (χ2v) is 9.30. The smallest absolute Gasteiger partial charge is 0.460 e. The van der Waals surface area contributed by atoms with Gasteiger partial charge in [-0.2, -0.15) is 17.2 Å². The lowest BCUT2D eigenvalue weighted by Crippen LogP contribution is -2.59. The van der Waals surface area contributed by atoms with Gasteiger partial charge in [0.15, 0.2) is 0 Å². The van der Waals surface area contributed by atoms with Gasteiger partial charge in [-0.3, -0.25) is 4.55 Å². The molecule has 0 spiro atoms. The number of halogens is 2. The molecule has 26 heavy (non-hydrogen) atoms. The van der Waals surface area contributed by atoms with Crippen molar-refractivity contribution in [2.45, 2.75) is 49.4 Å². The maximum atomic E-state index is 13.4. The summed E-state index contributed by atoms with van der Waals surface area (Å²) in [5, 5.41) is -5.01. The monoisotopic (exact) mass is 394 g/mol. The number of hydrogen-bond acceptors (Lipinski definition) is 6. The Morgan fingerprint density at radius 2 is 1.81 bits per heavy atom. The van der Waals surface area contributed by atoms with Crippen LogP contribution >= 0.6 is 0 Å². The molecular weight excluding hydrogens is 374 g/mol. The Hall–Kier alpha value is -1.55. The number of carbonyl (C=O) groups excluding carboxylic acids is 2. The van der Waals surface area contributed by atoms with Gasteiger partial charge >= 0.3 is 27.3 Å². The molecule has 0 amide bonds. The molecule has 4 rings (SSSR count). The second kappa shape index (κ2) is 5.98. The number of carbonyl (C=O) groups is 2. The Kier molecular flexibility index (Phi) is 4.42. The van der Waals surface area contributed by atoms with Crippen molar-refractivity contribution in [2.75, 3.05) is 6.61 Å². The Bertz CT molecular complexity index is 732. The highest BCUT2D eigenvalue weighted by Gasteiger charge is 2.61. The lowest BCUT2D eigenvalue weighted by molar-refractivity contribution is -0.209. The maximum absolute atomic E-state index is 13.4. The molecule has 2 atom stereocenters. The van der Waals surface area contributed by atoms with Crippen molar-refractivity contribution in [1.82, 2.24) is 0 Å². The molecule has 10 heteroatoms. The fourth-order valence-corrected chi connectivity index (χ4v) is 5.59. The fraction of sp³-hybridized carbons (Fsp3) is 0.750. The predicted molar refractivity (Wildman–Crippen MR) is 83.6 cm³/mol. The Balaban J connectivity index is 1.75. The maximum Gasteiger partial charge on any atom is 0.465 e. The highest BCUT2D eigenvalue weighted by molar-refractivity contribution is 7.87. The molecule has 0 aromatic heterocycles. The van der Waals surface area contributed by atoms with Crippen LogP contribution in [0.1, 0.15) is 38.5 Å². The van der Waals surface area contributed by atoms with Gasteiger partial charge in [0.1, 0.15) is 5.60 Å². The van der Waals surface area contributed by atoms with Gasteiger partial charge in [0.25, 0.3) is 0 Å². The van der Waals surface area contributed by atoms with Gasteiger partial charge in [-0.25, -0.2) is 9.59 Å². The van der Waals surface area contributed by atoms with E-state index in [1.54, 1.807) is 0 Å². The van der Waals surface area contributed by atoms with Crippen LogP contribution in [0.15, 0.2) is 12.7 Å². The van der Waals surface area contributed by atoms with Crippen LogP contribution in [0.25, 0.3) is 0 Å². The Morgan fingerprint density at radius 1 is 1.23 bits per heavy atom. The predicted octanol–water partition coefficient (Wildman–Crippen LogP) is 2.08. The summed E-state index contributed by atoms with van der Waals surface area (Å²) in [5.74, 6) is -2.42. The van der Waals surface area contributed by atoms with E-state index < -0.39 is 44.9 Å². The van der Waals surface area contributed by atoms with Crippen LogP contribution in [0.5, 0.6) is 0 Å². The highest BCUT2D eigenvalue weighted by atomic mass is 32.2. The third-order valence-electron chi connectivity index (χ3n) is 5.68. The lowest BCUT2D eigenvalue weighted by atomic mass is 9.48. The molecule has 4 aliphatic carbocycles. The fourth-order valence-electron chi connectivity index (χ4n) is 5.32. The van der Waals surface area contributed by atoms with Gasteiger partial charge in [0.05, 0.1) is 6.61 Å². The first-order valence-corrected chi connectivity index (χ1v) is 9.72. The summed E-state index contributed by atoms with van der Waals surface area (Å²) >= 11 is 0. The molecule has 0 aliphatic heterocycles. The number of rotatable bonds is 6. The van der Waals surface area contributed by atoms with Crippen molar-refractivity contribution in [2.24, 2.45) is 17.3 Å². The van der Waals surface area contributed by atoms with Crippen molar-refractivity contribution < 1.29 is 40.8 Å². The summed E-state index contributed by atoms with van der Waals surface area (Å²) in [7, 11) is -5.90. The first kappa shape index (κ1) is 19.2. The van der Waals surface area contributed by atoms with Crippen molar-refractivity contribution in [3.8, 4) is 0 Å². The van der Waals surface area contributed by atoms with Gasteiger partial charge in [0.2, 0.25) is 0 Å². The van der Waals surface area contributed by atoms with E-state index in [1.165, 1.54) is 0 Å². The molecule has 4 saturated carbocycles. The van der Waals surface area contributed by atoms with Crippen LogP contribution < -0.4 is 0 Å². The van der Waals surface area contributed by atoms with Gasteiger partial charge in [0, 0.05) is 11.5 Å². The Morgan fingerprint density at radius 3 is 2.31 bits per heavy atom. The zero-order chi connectivity index (χ0) is 19.4. The minimum absolute atomic E-state index is 0.217. The summed E-state index contributed by atoms with van der Waals surface area (Å²) in [5.41, 5.74) is -1.37. The van der Waals surface area contributed by atoms with Crippen LogP contribution in [0, 0.1) is 17.3 Å². The summed E-state index contributed by atoms with van der Waals surface area (Å²) in [6.07, 6.45) is 4.95. The van der Waals surface area contributed by atoms with E-state index in [4.69, 9.17) is 9.29 Å². The van der Waals surface area contributed by atoms with E-state index in [0.717, 1.165) is 12.5 Å². The van der Waals surface area contributed by atoms with E-state index in [2.05, 4.69) is 11.3 Å². The molecule has 0 saturated heterocycles. The number of hydrogen-bond donors (Lipinski definition) is 1. The van der Waals surface area contributed by atoms with E-state index >= 15 is 0 Å². The average molecular weight is 394 g/mol. The molecule has 0 heterocycles. The average Bonchev–Trinajstić information content (AvgIpc) is 2.49. The lowest BCUT2D eigenvalue weighted by Gasteiger charge is -2.60. The van der Waals surface area contributed by atoms with Crippen molar-refractivity contribution >= 4 is 22.1 Å². The summed E-state index contributed by atoms with van der Waals surface area (Å²) < 4.78 is 66.8. The molecule has 0 aromatic carbocycles. The first-order valence-electron chi connectivity index (χ1n) is 8.28. The van der Waals surface area contributed by atoms with Gasteiger partial charge < -0.3 is 9.47 Å². The van der Waals surface area contributed by atoms with Crippen molar-refractivity contribution in [3.05, 3.63) is 12.7 Å². The van der Waals surface area contributed by atoms with E-state index in [0.29, 0.717) is 32.1 Å². The third kappa shape index (κ3) is 3.24. The number of esters is 2. The van der Waals surface area contributed by atoms with Gasteiger partial charge in [-0.05, 0) is 50.4 Å². The first-order chi connectivity index (χ1) is 11.9. The minimum Gasteiger partial charge on any atom is -0.460 e. The molecule has 4 aliphatic rings. The zero-order valence-corrected chi connectivity index (χ0v) is 14.8. The molecule has 4 fully saturated rings. The molecule has 7 nitrogen and oxygen atoms in total. The quantitative estimate of drug-likeness (QED) is 0.417. The summed E-state index contributed by atoms with van der Waals surface area (Å²) in [6.45, 7) is 2.97. The van der Waals surface area contributed by atoms with E-state index in [1.807, 2.05) is 0 Å². The summed E-state index contributed by atoms with van der Waals surface area (Å²) in [6, 6.07) is 0. The number of alkyl halides is 2. The molecule has 146 valence electrons. The van der Waals surface area contributed by atoms with Crippen LogP contribution in [0.3, 0.4) is 0 Å². The van der Waals surface area contributed by atoms with Crippen LogP contribution in [0.4, 0.5) is 8.78 Å². The minimum atomic E-state index is -5.90. The SMILES string of the molecule is C=CC(=O)OC12CC3CC(CC(COC(=O)C(F)(F)S(=O)(=O)O)(C3)C1)C2. The standard InChI is InChI=1S/C16H20F2O7S/c1-2-12(19)25-15-6-10-3-11(7-15)5-14(4-10,8-15)9-24-13(20)16(17,18)26(21,22)23/h2,10-11H,1,3-9H2,(H,21,22,23). The zero-order valence-electron chi connectivity index (χ0n) is 13.9. The molecule has 0 aromatic rings. The molecule has 2 unspecified atom stereocenters. The second-order valence-electron chi connectivity index (χ2n) is 7.84. The molecule has 1 N–H and O–H groups in total. The molecular formula is C16H20F2O7S. The van der Waals surface area contributed by atoms with Gasteiger partial charge in [-0.1, -0.05) is 6.58 Å². The van der Waals surface area contributed by atoms with Gasteiger partial charge in [-0.15, -0.1) is 0 Å². The molecule has 0 radical (unpaired) electrons. The number of ether oxygens (including phenoxy) is 2. The van der Waals surface area contributed by atoms with Crippen LogP contribution in [-0.4, -0.2) is 42.4 Å². The largest absolute Gasteiger partial charge is 0.465 e. The third-order valence-corrected chi connectivity index (χ3v) is 6.50. The Labute approximate surface area is 149 Å². The van der Waals surface area contributed by atoms with Crippen molar-refractivity contribution in [1.29, 1.82) is 0 Å². The normalized spacial score (nSPS) is 35.8. The topological polar surface area (TPSA) is 107 Å². The van der Waals surface area contributed by atoms with Crippen LogP contribution in [-0.2, 0) is 29.2 Å². The van der Waals surface area contributed by atoms with E-state index in [9.17, 15) is 26.8 Å². The highest BCUT2D eigenvalue weighted by Crippen LogP contribution is 2.63. The van der Waals surface area contributed by atoms with E-state index in [-0.39, 0.29) is 11.8 Å². The molecule has 4 bridgehead atoms. The van der Waals surface area contributed by atoms with Crippen molar-refractivity contribution in [3.63, 3.8) is 0 Å². The van der Waals surface area contributed by atoms with Crippen LogP contribution in [0.2, 0.25) is 0 Å².